The van der Waals surface area contributed by atoms with Crippen molar-refractivity contribution in [2.75, 3.05) is 39.3 Å². The molecule has 4 aliphatic rings. The molecule has 0 radical (unpaired) electrons. The molecule has 2 amide bonds. The van der Waals surface area contributed by atoms with Gasteiger partial charge in [0, 0.05) is 45.2 Å². The van der Waals surface area contributed by atoms with Gasteiger partial charge in [-0.25, -0.2) is 0 Å². The van der Waals surface area contributed by atoms with Crippen LogP contribution in [0, 0.1) is 11.8 Å². The number of hydrogen-bond acceptors (Lipinski definition) is 3. The van der Waals surface area contributed by atoms with Crippen LogP contribution in [0.1, 0.15) is 51.4 Å². The number of carbonyl (C=O) groups is 2. The molecule has 4 rings (SSSR count). The molecular weight excluding hydrogens is 302 g/mol. The van der Waals surface area contributed by atoms with E-state index in [1.54, 1.807) is 0 Å². The van der Waals surface area contributed by atoms with Crippen LogP contribution >= 0.6 is 0 Å². The zero-order valence-electron chi connectivity index (χ0n) is 14.8. The van der Waals surface area contributed by atoms with Gasteiger partial charge < -0.3 is 9.80 Å². The first-order valence-corrected chi connectivity index (χ1v) is 10.1. The highest BCUT2D eigenvalue weighted by Gasteiger charge is 2.41. The smallest absolute Gasteiger partial charge is 0.240 e. The summed E-state index contributed by atoms with van der Waals surface area (Å²) in [4.78, 5) is 32.0. The van der Waals surface area contributed by atoms with Crippen LogP contribution in [0.2, 0.25) is 0 Å². The number of hydrogen-bond donors (Lipinski definition) is 0. The predicted octanol–water partition coefficient (Wildman–Crippen LogP) is 1.72. The highest BCUT2D eigenvalue weighted by Crippen LogP contribution is 2.34. The van der Waals surface area contributed by atoms with Crippen molar-refractivity contribution in [3.8, 4) is 0 Å². The Morgan fingerprint density at radius 1 is 0.708 bits per heavy atom. The molecule has 2 aliphatic heterocycles. The van der Waals surface area contributed by atoms with Gasteiger partial charge in [0.2, 0.25) is 11.8 Å². The van der Waals surface area contributed by atoms with Gasteiger partial charge in [-0.15, -0.1) is 0 Å². The van der Waals surface area contributed by atoms with Crippen LogP contribution in [0.25, 0.3) is 0 Å². The molecule has 0 aromatic heterocycles. The molecule has 2 heterocycles. The lowest BCUT2D eigenvalue weighted by molar-refractivity contribution is -0.141. The Labute approximate surface area is 145 Å². The highest BCUT2D eigenvalue weighted by atomic mass is 16.2. The standard InChI is InChI=1S/C19H31N3O2/c23-18(16-7-8-16)22-13-11-20(12-14-22)17(15-5-1-2-6-15)19(24)21-9-3-4-10-21/h15-17H,1-14H2. The van der Waals surface area contributed by atoms with Gasteiger partial charge in [-0.3, -0.25) is 14.5 Å². The summed E-state index contributed by atoms with van der Waals surface area (Å²) in [5.74, 6) is 1.58. The number of piperazine rings is 1. The van der Waals surface area contributed by atoms with Crippen molar-refractivity contribution in [2.45, 2.75) is 57.4 Å². The maximum Gasteiger partial charge on any atom is 0.240 e. The van der Waals surface area contributed by atoms with E-state index in [1.165, 1.54) is 25.7 Å². The first kappa shape index (κ1) is 16.4. The van der Waals surface area contributed by atoms with Crippen molar-refractivity contribution in [1.29, 1.82) is 0 Å². The maximum absolute atomic E-state index is 13.2. The summed E-state index contributed by atoms with van der Waals surface area (Å²) < 4.78 is 0. The first-order valence-electron chi connectivity index (χ1n) is 10.1. The lowest BCUT2D eigenvalue weighted by atomic mass is 9.94. The molecule has 2 saturated heterocycles. The summed E-state index contributed by atoms with van der Waals surface area (Å²) in [6.45, 7) is 5.26. The summed E-state index contributed by atoms with van der Waals surface area (Å²) in [6.07, 6.45) is 9.42. The molecule has 0 aromatic rings. The van der Waals surface area contributed by atoms with Gasteiger partial charge in [0.15, 0.2) is 0 Å². The average Bonchev–Trinajstić information content (AvgIpc) is 3.09. The van der Waals surface area contributed by atoms with Gasteiger partial charge in [0.1, 0.15) is 0 Å². The Hall–Kier alpha value is -1.10. The molecule has 2 aliphatic carbocycles. The molecule has 134 valence electrons. The third-order valence-electron chi connectivity index (χ3n) is 6.46. The van der Waals surface area contributed by atoms with Crippen molar-refractivity contribution in [3.05, 3.63) is 0 Å². The average molecular weight is 333 g/mol. The summed E-state index contributed by atoms with van der Waals surface area (Å²) in [5.41, 5.74) is 0. The Kier molecular flexibility index (Phi) is 4.79. The number of amides is 2. The van der Waals surface area contributed by atoms with Crippen LogP contribution in [0.3, 0.4) is 0 Å². The fraction of sp³-hybridized carbons (Fsp3) is 0.895. The van der Waals surface area contributed by atoms with Gasteiger partial charge in [-0.2, -0.15) is 0 Å². The quantitative estimate of drug-likeness (QED) is 0.787. The van der Waals surface area contributed by atoms with Crippen LogP contribution in [-0.2, 0) is 9.59 Å². The summed E-state index contributed by atoms with van der Waals surface area (Å²) in [5, 5.41) is 0. The highest BCUT2D eigenvalue weighted by molar-refractivity contribution is 5.83. The number of likely N-dealkylation sites (tertiary alicyclic amines) is 1. The van der Waals surface area contributed by atoms with E-state index in [2.05, 4.69) is 9.80 Å². The summed E-state index contributed by atoms with van der Waals surface area (Å²) >= 11 is 0. The number of rotatable bonds is 4. The third-order valence-corrected chi connectivity index (χ3v) is 6.46. The molecule has 2 saturated carbocycles. The van der Waals surface area contributed by atoms with Gasteiger partial charge >= 0.3 is 0 Å². The molecule has 5 nitrogen and oxygen atoms in total. The first-order chi connectivity index (χ1) is 11.7. The lowest BCUT2D eigenvalue weighted by Crippen LogP contribution is -2.58. The SMILES string of the molecule is O=C(C1CC1)N1CCN(C(C(=O)N2CCCC2)C2CCCC2)CC1. The van der Waals surface area contributed by atoms with Crippen LogP contribution < -0.4 is 0 Å². The van der Waals surface area contributed by atoms with Crippen molar-refractivity contribution in [3.63, 3.8) is 0 Å². The molecule has 1 unspecified atom stereocenters. The Bertz CT molecular complexity index is 471. The van der Waals surface area contributed by atoms with E-state index in [1.807, 2.05) is 4.90 Å². The second kappa shape index (κ2) is 7.03. The van der Waals surface area contributed by atoms with E-state index in [-0.39, 0.29) is 6.04 Å². The fourth-order valence-electron chi connectivity index (χ4n) is 4.86. The van der Waals surface area contributed by atoms with Gasteiger partial charge in [-0.05, 0) is 44.4 Å². The molecule has 0 bridgehead atoms. The van der Waals surface area contributed by atoms with E-state index < -0.39 is 0 Å². The molecule has 5 heteroatoms. The van der Waals surface area contributed by atoms with Crippen LogP contribution in [0.4, 0.5) is 0 Å². The predicted molar refractivity (Wildman–Crippen MR) is 92.4 cm³/mol. The van der Waals surface area contributed by atoms with Crippen LogP contribution in [0.15, 0.2) is 0 Å². The molecule has 24 heavy (non-hydrogen) atoms. The van der Waals surface area contributed by atoms with E-state index in [0.29, 0.717) is 23.7 Å². The summed E-state index contributed by atoms with van der Waals surface area (Å²) in [6, 6.07) is 0.0729. The fourth-order valence-corrected chi connectivity index (χ4v) is 4.86. The van der Waals surface area contributed by atoms with Crippen molar-refractivity contribution >= 4 is 11.8 Å². The molecule has 4 fully saturated rings. The monoisotopic (exact) mass is 333 g/mol. The maximum atomic E-state index is 13.2. The topological polar surface area (TPSA) is 43.9 Å². The minimum absolute atomic E-state index is 0.0729. The Balaban J connectivity index is 1.41. The van der Waals surface area contributed by atoms with E-state index in [9.17, 15) is 9.59 Å². The Morgan fingerprint density at radius 3 is 1.92 bits per heavy atom. The van der Waals surface area contributed by atoms with Gasteiger partial charge in [0.05, 0.1) is 6.04 Å². The minimum atomic E-state index is 0.0729. The Morgan fingerprint density at radius 2 is 1.33 bits per heavy atom. The normalized spacial score (nSPS) is 27.7. The van der Waals surface area contributed by atoms with E-state index in [0.717, 1.165) is 65.0 Å². The van der Waals surface area contributed by atoms with Gasteiger partial charge in [-0.1, -0.05) is 12.8 Å². The molecule has 0 spiro atoms. The minimum Gasteiger partial charge on any atom is -0.341 e. The van der Waals surface area contributed by atoms with Crippen LogP contribution in [-0.4, -0.2) is 71.8 Å². The van der Waals surface area contributed by atoms with Gasteiger partial charge in [0.25, 0.3) is 0 Å². The second-order valence-electron chi connectivity index (χ2n) is 8.16. The molecule has 0 N–H and O–H groups in total. The molecular formula is C19H31N3O2. The van der Waals surface area contributed by atoms with Crippen molar-refractivity contribution < 1.29 is 9.59 Å². The number of nitrogens with zero attached hydrogens (tertiary/aromatic N) is 3. The van der Waals surface area contributed by atoms with Crippen molar-refractivity contribution in [2.24, 2.45) is 11.8 Å². The van der Waals surface area contributed by atoms with Crippen LogP contribution in [0.5, 0.6) is 0 Å². The molecule has 1 atom stereocenters. The van der Waals surface area contributed by atoms with Crippen molar-refractivity contribution in [1.82, 2.24) is 14.7 Å². The zero-order valence-corrected chi connectivity index (χ0v) is 14.8. The zero-order chi connectivity index (χ0) is 16.5. The second-order valence-corrected chi connectivity index (χ2v) is 8.16. The summed E-state index contributed by atoms with van der Waals surface area (Å²) in [7, 11) is 0. The number of carbonyl (C=O) groups excluding carboxylic acids is 2. The lowest BCUT2D eigenvalue weighted by Gasteiger charge is -2.42. The van der Waals surface area contributed by atoms with E-state index >= 15 is 0 Å². The largest absolute Gasteiger partial charge is 0.341 e. The molecule has 0 aromatic carbocycles. The third kappa shape index (κ3) is 3.32. The van der Waals surface area contributed by atoms with E-state index in [4.69, 9.17) is 0 Å².